The monoisotopic (exact) mass is 168 g/mol. The van der Waals surface area contributed by atoms with Crippen molar-refractivity contribution in [1.82, 2.24) is 0 Å². The molecule has 0 amide bonds. The maximum absolute atomic E-state index is 3.36. The highest BCUT2D eigenvalue weighted by molar-refractivity contribution is 4.73. The second kappa shape index (κ2) is 31.9. The Labute approximate surface area is 78.7 Å². The lowest BCUT2D eigenvalue weighted by molar-refractivity contribution is 1.22. The fraction of sp³-hybridized carbons (Fsp3) is 0.500. The fourth-order valence-electron chi connectivity index (χ4n) is 0.236. The number of hydrogen-bond acceptors (Lipinski definition) is 0. The third kappa shape index (κ3) is 126. The zero-order valence-electron chi connectivity index (χ0n) is 9.30. The smallest absolute Gasteiger partial charge is 0.0379 e. The van der Waals surface area contributed by atoms with E-state index >= 15 is 0 Å². The van der Waals surface area contributed by atoms with Gasteiger partial charge >= 0.3 is 0 Å². The second-order valence-corrected chi connectivity index (χ2v) is 2.05. The summed E-state index contributed by atoms with van der Waals surface area (Å²) in [6, 6.07) is 0. The van der Waals surface area contributed by atoms with E-state index in [-0.39, 0.29) is 0 Å². The molecule has 0 aliphatic rings. The molecule has 0 aromatic heterocycles. The van der Waals surface area contributed by atoms with Crippen LogP contribution in [-0.2, 0) is 0 Å². The lowest BCUT2D eigenvalue weighted by Crippen LogP contribution is -1.43. The molecule has 0 N–H and O–H groups in total. The van der Waals surface area contributed by atoms with Crippen LogP contribution < -0.4 is 0 Å². The van der Waals surface area contributed by atoms with E-state index in [1.807, 2.05) is 39.8 Å². The fourth-order valence-corrected chi connectivity index (χ4v) is 0.236. The SMILES string of the molecule is C=CC.CC=CC.CC=CCC. The Hall–Kier alpha value is -0.780. The maximum Gasteiger partial charge on any atom is -0.0379 e. The van der Waals surface area contributed by atoms with Gasteiger partial charge in [-0.05, 0) is 34.1 Å². The summed E-state index contributed by atoms with van der Waals surface area (Å²) in [7, 11) is 0. The highest BCUT2D eigenvalue weighted by atomic mass is 13.6. The summed E-state index contributed by atoms with van der Waals surface area (Å²) in [5, 5.41) is 0. The second-order valence-electron chi connectivity index (χ2n) is 2.05. The van der Waals surface area contributed by atoms with E-state index in [2.05, 4.69) is 25.7 Å². The summed E-state index contributed by atoms with van der Waals surface area (Å²) in [5.74, 6) is 0. The third-order valence-corrected chi connectivity index (χ3v) is 0.805. The molecule has 0 spiro atoms. The van der Waals surface area contributed by atoms with Gasteiger partial charge in [-0.1, -0.05) is 37.3 Å². The van der Waals surface area contributed by atoms with Crippen molar-refractivity contribution in [2.45, 2.75) is 41.0 Å². The summed E-state index contributed by atoms with van der Waals surface area (Å²) in [6.07, 6.45) is 11.1. The van der Waals surface area contributed by atoms with Crippen molar-refractivity contribution in [2.75, 3.05) is 0 Å². The van der Waals surface area contributed by atoms with Crippen molar-refractivity contribution in [3.63, 3.8) is 0 Å². The minimum absolute atomic E-state index is 1.16. The Morgan fingerprint density at radius 3 is 1.25 bits per heavy atom. The summed E-state index contributed by atoms with van der Waals surface area (Å²) in [5.41, 5.74) is 0. The Balaban J connectivity index is -0.000000105. The molecule has 0 aliphatic heterocycles. The first-order chi connectivity index (χ1) is 5.74. The van der Waals surface area contributed by atoms with Crippen LogP contribution in [0.5, 0.6) is 0 Å². The Morgan fingerprint density at radius 1 is 0.917 bits per heavy atom. The predicted molar refractivity (Wildman–Crippen MR) is 61.5 cm³/mol. The van der Waals surface area contributed by atoms with E-state index in [4.69, 9.17) is 0 Å². The van der Waals surface area contributed by atoms with Gasteiger partial charge in [0.2, 0.25) is 0 Å². The summed E-state index contributed by atoms with van der Waals surface area (Å²) < 4.78 is 0. The third-order valence-electron chi connectivity index (χ3n) is 0.805. The molecular weight excluding hydrogens is 144 g/mol. The van der Waals surface area contributed by atoms with Crippen molar-refractivity contribution in [1.29, 1.82) is 0 Å². The molecule has 0 rings (SSSR count). The van der Waals surface area contributed by atoms with Crippen molar-refractivity contribution in [2.24, 2.45) is 0 Å². The molecule has 0 nitrogen and oxygen atoms in total. The molecule has 0 saturated carbocycles. The van der Waals surface area contributed by atoms with E-state index in [1.54, 1.807) is 6.08 Å². The molecule has 0 aromatic rings. The molecule has 0 fully saturated rings. The molecule has 12 heavy (non-hydrogen) atoms. The first-order valence-electron chi connectivity index (χ1n) is 4.50. The van der Waals surface area contributed by atoms with Crippen molar-refractivity contribution >= 4 is 0 Å². The first-order valence-corrected chi connectivity index (χ1v) is 4.50. The predicted octanol–water partition coefficient (Wildman–Crippen LogP) is 4.75. The van der Waals surface area contributed by atoms with Crippen LogP contribution in [0.25, 0.3) is 0 Å². The molecule has 0 saturated heterocycles. The number of hydrogen-bond donors (Lipinski definition) is 0. The van der Waals surface area contributed by atoms with Gasteiger partial charge in [0.15, 0.2) is 0 Å². The zero-order chi connectivity index (χ0) is 10.2. The van der Waals surface area contributed by atoms with Crippen LogP contribution in [0, 0.1) is 0 Å². The van der Waals surface area contributed by atoms with Crippen LogP contribution in [0.2, 0.25) is 0 Å². The zero-order valence-corrected chi connectivity index (χ0v) is 9.30. The maximum atomic E-state index is 3.36. The topological polar surface area (TPSA) is 0 Å². The van der Waals surface area contributed by atoms with E-state index in [9.17, 15) is 0 Å². The molecular formula is C12H24. The Morgan fingerprint density at radius 2 is 1.25 bits per heavy atom. The lowest BCUT2D eigenvalue weighted by Gasteiger charge is -1.65. The normalized spacial score (nSPS) is 8.42. The highest BCUT2D eigenvalue weighted by Gasteiger charge is 1.52. The van der Waals surface area contributed by atoms with E-state index in [0.29, 0.717) is 0 Å². The minimum atomic E-state index is 1.16. The van der Waals surface area contributed by atoms with Gasteiger partial charge in [-0.3, -0.25) is 0 Å². The van der Waals surface area contributed by atoms with Crippen LogP contribution in [0.1, 0.15) is 41.0 Å². The van der Waals surface area contributed by atoms with Gasteiger partial charge in [-0.15, -0.1) is 6.58 Å². The summed E-state index contributed by atoms with van der Waals surface area (Å²) >= 11 is 0. The summed E-state index contributed by atoms with van der Waals surface area (Å²) in [6.45, 7) is 13.4. The van der Waals surface area contributed by atoms with Crippen LogP contribution >= 0.6 is 0 Å². The lowest BCUT2D eigenvalue weighted by atomic mass is 10.4. The highest BCUT2D eigenvalue weighted by Crippen LogP contribution is 1.73. The molecule has 0 aliphatic carbocycles. The molecule has 0 heterocycles. The Bertz CT molecular complexity index is 92.6. The average molecular weight is 168 g/mol. The van der Waals surface area contributed by atoms with Gasteiger partial charge in [0, 0.05) is 0 Å². The molecule has 72 valence electrons. The van der Waals surface area contributed by atoms with Crippen LogP contribution in [0.3, 0.4) is 0 Å². The van der Waals surface area contributed by atoms with E-state index < -0.39 is 0 Å². The van der Waals surface area contributed by atoms with E-state index in [1.165, 1.54) is 0 Å². The van der Waals surface area contributed by atoms with Crippen molar-refractivity contribution in [3.8, 4) is 0 Å². The Kier molecular flexibility index (Phi) is 46.1. The van der Waals surface area contributed by atoms with Gasteiger partial charge in [-0.25, -0.2) is 0 Å². The number of rotatable bonds is 1. The van der Waals surface area contributed by atoms with Gasteiger partial charge in [0.25, 0.3) is 0 Å². The molecule has 0 bridgehead atoms. The molecule has 0 aromatic carbocycles. The van der Waals surface area contributed by atoms with Crippen molar-refractivity contribution < 1.29 is 0 Å². The van der Waals surface area contributed by atoms with Crippen LogP contribution in [0.4, 0.5) is 0 Å². The standard InChI is InChI=1S/C5H10.C4H8.C3H6/c1-3-5-4-2;1-3-4-2;1-3-2/h3,5H,4H2,1-2H3;3-4H,1-2H3;3H,1H2,2H3. The molecule has 0 atom stereocenters. The largest absolute Gasteiger partial charge is 0.103 e. The van der Waals surface area contributed by atoms with Crippen LogP contribution in [-0.4, -0.2) is 0 Å². The molecule has 0 radical (unpaired) electrons. The quantitative estimate of drug-likeness (QED) is 0.496. The van der Waals surface area contributed by atoms with Gasteiger partial charge < -0.3 is 0 Å². The van der Waals surface area contributed by atoms with Crippen LogP contribution in [0.15, 0.2) is 37.0 Å². The molecule has 0 heteroatoms. The van der Waals surface area contributed by atoms with Crippen molar-refractivity contribution in [3.05, 3.63) is 37.0 Å². The van der Waals surface area contributed by atoms with Gasteiger partial charge in [0.05, 0.1) is 0 Å². The minimum Gasteiger partial charge on any atom is -0.103 e. The van der Waals surface area contributed by atoms with Gasteiger partial charge in [0.1, 0.15) is 0 Å². The summed E-state index contributed by atoms with van der Waals surface area (Å²) in [4.78, 5) is 0. The first kappa shape index (κ1) is 17.3. The van der Waals surface area contributed by atoms with E-state index in [0.717, 1.165) is 6.42 Å². The molecule has 0 unspecified atom stereocenters. The average Bonchev–Trinajstić information content (AvgIpc) is 2.08. The number of allylic oxidation sites excluding steroid dienone is 5. The van der Waals surface area contributed by atoms with Gasteiger partial charge in [-0.2, -0.15) is 0 Å².